The molecule has 1 saturated heterocycles. The molecule has 1 aliphatic rings. The molecule has 1 aliphatic heterocycles. The minimum absolute atomic E-state index is 0.0345. The van der Waals surface area contributed by atoms with E-state index in [1.165, 1.54) is 5.56 Å². The molecule has 6 heteroatoms. The Morgan fingerprint density at radius 1 is 1.26 bits per heavy atom. The Kier molecular flexibility index (Phi) is 8.54. The minimum Gasteiger partial charge on any atom is -0.443 e. The number of benzene rings is 1. The van der Waals surface area contributed by atoms with Gasteiger partial charge in [0.25, 0.3) is 0 Å². The first-order valence-corrected chi connectivity index (χ1v) is 9.93. The van der Waals surface area contributed by atoms with Gasteiger partial charge in [0.15, 0.2) is 0 Å². The van der Waals surface area contributed by atoms with Crippen LogP contribution >= 0.6 is 0 Å². The van der Waals surface area contributed by atoms with Crippen molar-refractivity contribution in [2.24, 2.45) is 11.7 Å². The van der Waals surface area contributed by atoms with Crippen LogP contribution in [-0.4, -0.2) is 49.0 Å². The molecular weight excluding hydrogens is 342 g/mol. The van der Waals surface area contributed by atoms with E-state index in [1.807, 2.05) is 44.0 Å². The standard InChI is InChI=1S/C21H35N3O3/c1-21(2,3)27-20(25)23-24-12-9-17(10-13-24)11-14-26-16-19(22)15-18-7-5-4-6-8-18/h4-8,17,19H,9-16,22H2,1-3H3,(H,23,25). The molecule has 1 aromatic carbocycles. The molecule has 0 radical (unpaired) electrons. The second-order valence-corrected chi connectivity index (χ2v) is 8.36. The zero-order chi connectivity index (χ0) is 19.7. The Morgan fingerprint density at radius 2 is 1.93 bits per heavy atom. The summed E-state index contributed by atoms with van der Waals surface area (Å²) >= 11 is 0. The van der Waals surface area contributed by atoms with Crippen molar-refractivity contribution in [2.45, 2.75) is 58.1 Å². The van der Waals surface area contributed by atoms with E-state index < -0.39 is 5.60 Å². The lowest BCUT2D eigenvalue weighted by atomic mass is 9.95. The van der Waals surface area contributed by atoms with Crippen LogP contribution in [0.5, 0.6) is 0 Å². The summed E-state index contributed by atoms with van der Waals surface area (Å²) in [5.74, 6) is 0.632. The monoisotopic (exact) mass is 377 g/mol. The molecule has 0 saturated carbocycles. The number of amides is 1. The summed E-state index contributed by atoms with van der Waals surface area (Å²) in [6.07, 6.45) is 3.61. The maximum Gasteiger partial charge on any atom is 0.422 e. The first-order chi connectivity index (χ1) is 12.8. The first kappa shape index (κ1) is 21.7. The summed E-state index contributed by atoms with van der Waals surface area (Å²) in [6, 6.07) is 10.3. The van der Waals surface area contributed by atoms with E-state index in [4.69, 9.17) is 15.2 Å². The van der Waals surface area contributed by atoms with E-state index in [1.54, 1.807) is 0 Å². The average molecular weight is 378 g/mol. The summed E-state index contributed by atoms with van der Waals surface area (Å²) in [7, 11) is 0. The second kappa shape index (κ2) is 10.6. The van der Waals surface area contributed by atoms with Gasteiger partial charge < -0.3 is 15.2 Å². The Balaban J connectivity index is 1.54. The minimum atomic E-state index is -0.471. The molecule has 27 heavy (non-hydrogen) atoms. The van der Waals surface area contributed by atoms with Crippen molar-refractivity contribution in [1.82, 2.24) is 10.4 Å². The smallest absolute Gasteiger partial charge is 0.422 e. The van der Waals surface area contributed by atoms with Crippen molar-refractivity contribution in [2.75, 3.05) is 26.3 Å². The summed E-state index contributed by atoms with van der Waals surface area (Å²) in [4.78, 5) is 11.8. The third kappa shape index (κ3) is 9.22. The molecule has 3 N–H and O–H groups in total. The lowest BCUT2D eigenvalue weighted by molar-refractivity contribution is 0.0241. The molecule has 1 amide bonds. The van der Waals surface area contributed by atoms with Crippen LogP contribution in [0.25, 0.3) is 0 Å². The fourth-order valence-electron chi connectivity index (χ4n) is 3.22. The summed E-state index contributed by atoms with van der Waals surface area (Å²) in [5, 5.41) is 1.95. The van der Waals surface area contributed by atoms with Gasteiger partial charge in [-0.3, -0.25) is 5.43 Å². The fourth-order valence-corrected chi connectivity index (χ4v) is 3.22. The maximum atomic E-state index is 11.8. The molecule has 1 heterocycles. The largest absolute Gasteiger partial charge is 0.443 e. The van der Waals surface area contributed by atoms with E-state index in [0.717, 1.165) is 45.4 Å². The molecule has 1 aromatic rings. The number of nitrogens with two attached hydrogens (primary N) is 1. The molecule has 2 rings (SSSR count). The van der Waals surface area contributed by atoms with E-state index in [2.05, 4.69) is 17.6 Å². The van der Waals surface area contributed by atoms with E-state index >= 15 is 0 Å². The molecule has 0 bridgehead atoms. The number of carbonyl (C=O) groups is 1. The molecule has 152 valence electrons. The molecule has 0 aromatic heterocycles. The van der Waals surface area contributed by atoms with Crippen molar-refractivity contribution in [3.63, 3.8) is 0 Å². The number of nitrogens with one attached hydrogen (secondary N) is 1. The number of piperidine rings is 1. The highest BCUT2D eigenvalue weighted by molar-refractivity contribution is 5.67. The zero-order valence-corrected chi connectivity index (χ0v) is 16.9. The lowest BCUT2D eigenvalue weighted by Gasteiger charge is -2.32. The van der Waals surface area contributed by atoms with Gasteiger partial charge in [0.2, 0.25) is 0 Å². The highest BCUT2D eigenvalue weighted by Crippen LogP contribution is 2.19. The molecule has 1 fully saturated rings. The number of hydrazine groups is 1. The van der Waals surface area contributed by atoms with Gasteiger partial charge in [0, 0.05) is 25.7 Å². The lowest BCUT2D eigenvalue weighted by Crippen LogP contribution is -2.48. The molecule has 1 unspecified atom stereocenters. The number of nitrogens with zero attached hydrogens (tertiary/aromatic N) is 1. The van der Waals surface area contributed by atoms with Crippen LogP contribution in [0, 0.1) is 5.92 Å². The number of hydrogen-bond acceptors (Lipinski definition) is 5. The van der Waals surface area contributed by atoms with Crippen LogP contribution in [0.4, 0.5) is 4.79 Å². The number of hydrogen-bond donors (Lipinski definition) is 2. The quantitative estimate of drug-likeness (QED) is 0.681. The van der Waals surface area contributed by atoms with Gasteiger partial charge in [-0.1, -0.05) is 30.3 Å². The SMILES string of the molecule is CC(C)(C)OC(=O)NN1CCC(CCOCC(N)Cc2ccccc2)CC1. The number of carbonyl (C=O) groups excluding carboxylic acids is 1. The van der Waals surface area contributed by atoms with Crippen molar-refractivity contribution in [3.8, 4) is 0 Å². The van der Waals surface area contributed by atoms with Gasteiger partial charge in [-0.05, 0) is 57.9 Å². The van der Waals surface area contributed by atoms with E-state index in [9.17, 15) is 4.79 Å². The predicted octanol–water partition coefficient (Wildman–Crippen LogP) is 3.11. The molecule has 0 aliphatic carbocycles. The summed E-state index contributed by atoms with van der Waals surface area (Å²) in [5.41, 5.74) is 9.75. The van der Waals surface area contributed by atoms with Crippen molar-refractivity contribution in [3.05, 3.63) is 35.9 Å². The van der Waals surface area contributed by atoms with Gasteiger partial charge in [0.05, 0.1) is 6.61 Å². The van der Waals surface area contributed by atoms with Crippen LogP contribution in [0.1, 0.15) is 45.6 Å². The van der Waals surface area contributed by atoms with Crippen LogP contribution in [0.15, 0.2) is 30.3 Å². The average Bonchev–Trinajstić information content (AvgIpc) is 2.59. The van der Waals surface area contributed by atoms with Crippen LogP contribution in [0.3, 0.4) is 0 Å². The van der Waals surface area contributed by atoms with Gasteiger partial charge in [-0.25, -0.2) is 9.80 Å². The number of ether oxygens (including phenoxy) is 2. The molecule has 0 spiro atoms. The first-order valence-electron chi connectivity index (χ1n) is 9.93. The Labute approximate surface area is 163 Å². The second-order valence-electron chi connectivity index (χ2n) is 8.36. The van der Waals surface area contributed by atoms with Gasteiger partial charge in [-0.15, -0.1) is 0 Å². The molecule has 1 atom stereocenters. The summed E-state index contributed by atoms with van der Waals surface area (Å²) < 4.78 is 11.1. The van der Waals surface area contributed by atoms with Crippen molar-refractivity contribution >= 4 is 6.09 Å². The third-order valence-electron chi connectivity index (χ3n) is 4.61. The van der Waals surface area contributed by atoms with Crippen LogP contribution < -0.4 is 11.2 Å². The Bertz CT molecular complexity index is 552. The van der Waals surface area contributed by atoms with Crippen LogP contribution in [0.2, 0.25) is 0 Å². The predicted molar refractivity (Wildman–Crippen MR) is 107 cm³/mol. The number of rotatable bonds is 8. The van der Waals surface area contributed by atoms with Gasteiger partial charge in [0.1, 0.15) is 5.60 Å². The topological polar surface area (TPSA) is 76.8 Å². The highest BCUT2D eigenvalue weighted by atomic mass is 16.6. The van der Waals surface area contributed by atoms with Crippen molar-refractivity contribution < 1.29 is 14.3 Å². The fraction of sp³-hybridized carbons (Fsp3) is 0.667. The maximum absolute atomic E-state index is 11.8. The van der Waals surface area contributed by atoms with E-state index in [0.29, 0.717) is 12.5 Å². The highest BCUT2D eigenvalue weighted by Gasteiger charge is 2.23. The molecular formula is C21H35N3O3. The Hall–Kier alpha value is -1.63. The van der Waals surface area contributed by atoms with E-state index in [-0.39, 0.29) is 12.1 Å². The molecule has 6 nitrogen and oxygen atoms in total. The van der Waals surface area contributed by atoms with Gasteiger partial charge in [-0.2, -0.15) is 0 Å². The van der Waals surface area contributed by atoms with Gasteiger partial charge >= 0.3 is 6.09 Å². The third-order valence-corrected chi connectivity index (χ3v) is 4.61. The normalized spacial score (nSPS) is 17.5. The summed E-state index contributed by atoms with van der Waals surface area (Å²) in [6.45, 7) is 8.62. The van der Waals surface area contributed by atoms with Crippen molar-refractivity contribution in [1.29, 1.82) is 0 Å². The Morgan fingerprint density at radius 3 is 2.56 bits per heavy atom. The zero-order valence-electron chi connectivity index (χ0n) is 16.9. The van der Waals surface area contributed by atoms with Crippen LogP contribution in [-0.2, 0) is 15.9 Å².